The Morgan fingerprint density at radius 1 is 1.11 bits per heavy atom. The lowest BCUT2D eigenvalue weighted by Crippen LogP contribution is -2.21. The average Bonchev–Trinajstić information content (AvgIpc) is 3.46. The summed E-state index contributed by atoms with van der Waals surface area (Å²) < 4.78 is 2.00. The van der Waals surface area contributed by atoms with Gasteiger partial charge in [-0.3, -0.25) is 9.20 Å². The van der Waals surface area contributed by atoms with Gasteiger partial charge in [0.2, 0.25) is 0 Å². The van der Waals surface area contributed by atoms with Crippen molar-refractivity contribution < 1.29 is 4.79 Å². The van der Waals surface area contributed by atoms with Crippen molar-refractivity contribution in [2.24, 2.45) is 0 Å². The lowest BCUT2D eigenvalue weighted by atomic mass is 10.1. The van der Waals surface area contributed by atoms with Crippen LogP contribution in [0.1, 0.15) is 23.3 Å². The monoisotopic (exact) mass is 390 g/mol. The van der Waals surface area contributed by atoms with Crippen LogP contribution < -0.4 is 10.2 Å². The molecular formula is C20H18N6OS. The van der Waals surface area contributed by atoms with E-state index in [4.69, 9.17) is 0 Å². The van der Waals surface area contributed by atoms with E-state index in [9.17, 15) is 4.79 Å². The number of hydrogen-bond acceptors (Lipinski definition) is 6. The maximum Gasteiger partial charge on any atom is 0.274 e. The Bertz CT molecular complexity index is 1100. The minimum atomic E-state index is -0.238. The predicted octanol–water partition coefficient (Wildman–Crippen LogP) is 3.71. The van der Waals surface area contributed by atoms with Gasteiger partial charge >= 0.3 is 0 Å². The highest BCUT2D eigenvalue weighted by molar-refractivity contribution is 7.15. The van der Waals surface area contributed by atoms with Gasteiger partial charge in [0.15, 0.2) is 4.96 Å². The van der Waals surface area contributed by atoms with Gasteiger partial charge in [0.05, 0.1) is 5.69 Å². The molecule has 1 N–H and O–H groups in total. The Hall–Kier alpha value is -3.26. The molecule has 3 aromatic heterocycles. The normalized spacial score (nSPS) is 13.9. The molecule has 8 heteroatoms. The number of anilines is 2. The van der Waals surface area contributed by atoms with E-state index in [1.165, 1.54) is 6.33 Å². The number of carbonyl (C=O) groups excluding carboxylic acids is 1. The highest BCUT2D eigenvalue weighted by atomic mass is 32.1. The van der Waals surface area contributed by atoms with E-state index in [2.05, 4.69) is 25.2 Å². The van der Waals surface area contributed by atoms with Crippen molar-refractivity contribution in [1.82, 2.24) is 19.4 Å². The minimum Gasteiger partial charge on any atom is -0.357 e. The molecule has 28 heavy (non-hydrogen) atoms. The van der Waals surface area contributed by atoms with E-state index in [1.54, 1.807) is 17.4 Å². The number of rotatable bonds is 4. The van der Waals surface area contributed by atoms with Crippen molar-refractivity contribution in [2.45, 2.75) is 12.8 Å². The summed E-state index contributed by atoms with van der Waals surface area (Å²) in [5.41, 5.74) is 3.01. The number of imidazole rings is 1. The largest absolute Gasteiger partial charge is 0.357 e. The third kappa shape index (κ3) is 3.22. The lowest BCUT2D eigenvalue weighted by Gasteiger charge is -2.16. The van der Waals surface area contributed by atoms with Gasteiger partial charge in [-0.1, -0.05) is 12.1 Å². The van der Waals surface area contributed by atoms with Crippen LogP contribution in [-0.2, 0) is 0 Å². The molecule has 0 bridgehead atoms. The first-order valence-corrected chi connectivity index (χ1v) is 10.1. The van der Waals surface area contributed by atoms with E-state index in [-0.39, 0.29) is 5.91 Å². The summed E-state index contributed by atoms with van der Waals surface area (Å²) in [5.74, 6) is 0.575. The predicted molar refractivity (Wildman–Crippen MR) is 110 cm³/mol. The molecule has 0 saturated carbocycles. The van der Waals surface area contributed by atoms with Crippen molar-refractivity contribution >= 4 is 33.7 Å². The molecule has 1 amide bonds. The number of aromatic nitrogens is 4. The van der Waals surface area contributed by atoms with Crippen molar-refractivity contribution in [3.05, 3.63) is 60.1 Å². The van der Waals surface area contributed by atoms with Crippen LogP contribution >= 0.6 is 11.3 Å². The van der Waals surface area contributed by atoms with Gasteiger partial charge in [-0.2, -0.15) is 0 Å². The number of carbonyl (C=O) groups is 1. The second-order valence-electron chi connectivity index (χ2n) is 6.71. The Balaban J connectivity index is 1.31. The fourth-order valence-corrected chi connectivity index (χ4v) is 4.08. The Kier molecular flexibility index (Phi) is 4.25. The topological polar surface area (TPSA) is 75.4 Å². The van der Waals surface area contributed by atoms with Gasteiger partial charge in [0.25, 0.3) is 5.91 Å². The first-order valence-electron chi connectivity index (χ1n) is 9.17. The number of fused-ring (bicyclic) bond motifs is 1. The molecule has 140 valence electrons. The summed E-state index contributed by atoms with van der Waals surface area (Å²) in [4.78, 5) is 28.8. The van der Waals surface area contributed by atoms with Gasteiger partial charge in [-0.15, -0.1) is 11.3 Å². The van der Waals surface area contributed by atoms with E-state index >= 15 is 0 Å². The summed E-state index contributed by atoms with van der Waals surface area (Å²) in [6.45, 7) is 1.95. The van der Waals surface area contributed by atoms with Gasteiger partial charge in [0.1, 0.15) is 17.8 Å². The van der Waals surface area contributed by atoms with Crippen LogP contribution in [0.25, 0.3) is 16.2 Å². The molecule has 0 radical (unpaired) electrons. The molecule has 1 aliphatic heterocycles. The SMILES string of the molecule is O=C(Nc1ccc(-c2cn3ccsc3n2)cc1)c1cc(N2CCCC2)ncn1. The summed E-state index contributed by atoms with van der Waals surface area (Å²) in [7, 11) is 0. The molecular weight excluding hydrogens is 372 g/mol. The first-order chi connectivity index (χ1) is 13.8. The maximum atomic E-state index is 12.6. The molecule has 0 unspecified atom stereocenters. The van der Waals surface area contributed by atoms with Crippen LogP contribution in [-0.4, -0.2) is 38.3 Å². The summed E-state index contributed by atoms with van der Waals surface area (Å²) in [5, 5.41) is 4.91. The van der Waals surface area contributed by atoms with Gasteiger partial charge in [0, 0.05) is 48.2 Å². The number of nitrogens with one attached hydrogen (secondary N) is 1. The highest BCUT2D eigenvalue weighted by Crippen LogP contribution is 2.23. The van der Waals surface area contributed by atoms with Gasteiger partial charge in [-0.05, 0) is 25.0 Å². The van der Waals surface area contributed by atoms with Crippen LogP contribution in [0.5, 0.6) is 0 Å². The maximum absolute atomic E-state index is 12.6. The fourth-order valence-electron chi connectivity index (χ4n) is 3.38. The molecule has 4 heterocycles. The van der Waals surface area contributed by atoms with Crippen molar-refractivity contribution in [3.63, 3.8) is 0 Å². The zero-order chi connectivity index (χ0) is 18.9. The van der Waals surface area contributed by atoms with E-state index < -0.39 is 0 Å². The molecule has 0 atom stereocenters. The second kappa shape index (κ2) is 7.05. The van der Waals surface area contributed by atoms with E-state index in [0.29, 0.717) is 5.69 Å². The van der Waals surface area contributed by atoms with Crippen LogP contribution in [0.4, 0.5) is 11.5 Å². The highest BCUT2D eigenvalue weighted by Gasteiger charge is 2.16. The Morgan fingerprint density at radius 2 is 1.93 bits per heavy atom. The van der Waals surface area contributed by atoms with Crippen LogP contribution in [0.2, 0.25) is 0 Å². The van der Waals surface area contributed by atoms with Crippen LogP contribution in [0.15, 0.2) is 54.4 Å². The Morgan fingerprint density at radius 3 is 2.71 bits per heavy atom. The number of thiazole rings is 1. The lowest BCUT2D eigenvalue weighted by molar-refractivity contribution is 0.102. The summed E-state index contributed by atoms with van der Waals surface area (Å²) in [6, 6.07) is 9.43. The molecule has 1 aliphatic rings. The van der Waals surface area contributed by atoms with Crippen molar-refractivity contribution in [3.8, 4) is 11.3 Å². The smallest absolute Gasteiger partial charge is 0.274 e. The molecule has 0 spiro atoms. The van der Waals surface area contributed by atoms with Gasteiger partial charge < -0.3 is 10.2 Å². The summed E-state index contributed by atoms with van der Waals surface area (Å²) >= 11 is 1.60. The fraction of sp³-hybridized carbons (Fsp3) is 0.200. The molecule has 0 aliphatic carbocycles. The number of benzene rings is 1. The number of amides is 1. The number of nitrogens with zero attached hydrogens (tertiary/aromatic N) is 5. The van der Waals surface area contributed by atoms with Crippen LogP contribution in [0.3, 0.4) is 0 Å². The third-order valence-electron chi connectivity index (χ3n) is 4.85. The first kappa shape index (κ1) is 16.9. The molecule has 5 rings (SSSR count). The van der Waals surface area contributed by atoms with E-state index in [1.807, 2.05) is 46.4 Å². The van der Waals surface area contributed by atoms with Crippen molar-refractivity contribution in [2.75, 3.05) is 23.3 Å². The van der Waals surface area contributed by atoms with Gasteiger partial charge in [-0.25, -0.2) is 15.0 Å². The van der Waals surface area contributed by atoms with Crippen molar-refractivity contribution in [1.29, 1.82) is 0 Å². The second-order valence-corrected chi connectivity index (χ2v) is 7.58. The molecule has 1 fully saturated rings. The summed E-state index contributed by atoms with van der Waals surface area (Å²) in [6.07, 6.45) is 7.76. The zero-order valence-corrected chi connectivity index (χ0v) is 15.9. The quantitative estimate of drug-likeness (QED) is 0.575. The minimum absolute atomic E-state index is 0.238. The molecule has 1 saturated heterocycles. The standard InChI is InChI=1S/C20H18N6OS/c27-19(16-11-18(22-13-21-16)25-7-1-2-8-25)23-15-5-3-14(4-6-15)17-12-26-9-10-28-20(26)24-17/h3-6,9-13H,1-2,7-8H2,(H,23,27). The Labute approximate surface area is 165 Å². The number of hydrogen-bond donors (Lipinski definition) is 1. The van der Waals surface area contributed by atoms with E-state index in [0.717, 1.165) is 53.7 Å². The third-order valence-corrected chi connectivity index (χ3v) is 5.62. The van der Waals surface area contributed by atoms with Crippen LogP contribution in [0, 0.1) is 0 Å². The molecule has 4 aromatic rings. The average molecular weight is 390 g/mol. The molecule has 7 nitrogen and oxygen atoms in total. The zero-order valence-electron chi connectivity index (χ0n) is 15.1. The molecule has 1 aromatic carbocycles.